The Morgan fingerprint density at radius 3 is 2.63 bits per heavy atom. The van der Waals surface area contributed by atoms with E-state index < -0.39 is 4.83 Å². The number of methoxy groups -OCH3 is 1. The van der Waals surface area contributed by atoms with Gasteiger partial charge < -0.3 is 9.57 Å². The number of hydrogen-bond acceptors (Lipinski definition) is 5. The fourth-order valence-electron chi connectivity index (χ4n) is 2.61. The number of benzene rings is 1. The number of nitrogens with one attached hydrogen (secondary N) is 1. The van der Waals surface area contributed by atoms with Gasteiger partial charge in [-0.1, -0.05) is 34.3 Å². The van der Waals surface area contributed by atoms with Crippen LogP contribution in [0.25, 0.3) is 0 Å². The lowest BCUT2D eigenvalue weighted by molar-refractivity contribution is -0.751. The Morgan fingerprint density at radius 1 is 1.37 bits per heavy atom. The first-order valence-corrected chi connectivity index (χ1v) is 10.0. The second-order valence-electron chi connectivity index (χ2n) is 6.74. The SMILES string of the molecule is COc1ccc(C[n+]2[nH]nc(C(F)(F)Br)c2CSC2=NOC(C)(C)C2)cc1. The highest BCUT2D eigenvalue weighted by Gasteiger charge is 2.42. The van der Waals surface area contributed by atoms with Gasteiger partial charge in [-0.2, -0.15) is 13.5 Å². The molecule has 0 unspecified atom stereocenters. The molecule has 2 aromatic rings. The topological polar surface area (TPSA) is 63.4 Å². The molecule has 0 spiro atoms. The smallest absolute Gasteiger partial charge is 0.372 e. The number of halogens is 3. The molecule has 10 heteroatoms. The second-order valence-corrected chi connectivity index (χ2v) is 8.79. The van der Waals surface area contributed by atoms with Crippen molar-refractivity contribution < 1.29 is 23.0 Å². The number of H-pyrrole nitrogens is 1. The van der Waals surface area contributed by atoms with Gasteiger partial charge in [0.05, 0.1) is 12.9 Å². The number of thioether (sulfide) groups is 1. The van der Waals surface area contributed by atoms with Gasteiger partial charge in [0.15, 0.2) is 5.69 Å². The maximum atomic E-state index is 13.9. The van der Waals surface area contributed by atoms with Gasteiger partial charge in [-0.25, -0.2) is 0 Å². The zero-order chi connectivity index (χ0) is 19.7. The predicted molar refractivity (Wildman–Crippen MR) is 102 cm³/mol. The predicted octanol–water partition coefficient (Wildman–Crippen LogP) is 3.94. The molecule has 0 fully saturated rings. The molecule has 146 valence electrons. The van der Waals surface area contributed by atoms with Crippen molar-refractivity contribution >= 4 is 32.7 Å². The van der Waals surface area contributed by atoms with Crippen LogP contribution in [0.1, 0.15) is 37.2 Å². The molecule has 27 heavy (non-hydrogen) atoms. The molecule has 1 aliphatic heterocycles. The average Bonchev–Trinajstić information content (AvgIpc) is 3.16. The van der Waals surface area contributed by atoms with Gasteiger partial charge in [-0.15, -0.1) is 0 Å². The molecular formula is C17H20BrF2N4O2S+. The summed E-state index contributed by atoms with van der Waals surface area (Å²) >= 11 is 3.79. The second kappa shape index (κ2) is 7.75. The number of aromatic amines is 1. The minimum absolute atomic E-state index is 0.293. The highest BCUT2D eigenvalue weighted by molar-refractivity contribution is 9.09. The Morgan fingerprint density at radius 2 is 2.07 bits per heavy atom. The Kier molecular flexibility index (Phi) is 5.76. The summed E-state index contributed by atoms with van der Waals surface area (Å²) in [4.78, 5) is 2.11. The summed E-state index contributed by atoms with van der Waals surface area (Å²) in [6.45, 7) is 4.25. The first kappa shape index (κ1) is 20.1. The van der Waals surface area contributed by atoms with Gasteiger partial charge in [0.25, 0.3) is 0 Å². The standard InChI is InChI=1S/C17H19BrF2N4O2S/c1-16(2)8-14(22-26-16)27-10-13-15(17(18,19)20)21-23-24(13)9-11-4-6-12(25-3)7-5-11/h4-7H,8-10H2,1-3H3/p+1. The number of hydrogen-bond donors (Lipinski definition) is 1. The van der Waals surface area contributed by atoms with Crippen LogP contribution in [0.4, 0.5) is 8.78 Å². The van der Waals surface area contributed by atoms with Gasteiger partial charge in [0.2, 0.25) is 0 Å². The molecule has 0 bridgehead atoms. The molecule has 0 atom stereocenters. The molecular weight excluding hydrogens is 442 g/mol. The molecule has 1 aromatic carbocycles. The molecule has 0 saturated heterocycles. The summed E-state index contributed by atoms with van der Waals surface area (Å²) in [5, 5.41) is 11.3. The highest BCUT2D eigenvalue weighted by Crippen LogP contribution is 2.36. The van der Waals surface area contributed by atoms with Crippen LogP contribution < -0.4 is 9.42 Å². The number of nitrogens with zero attached hydrogens (tertiary/aromatic N) is 3. The Balaban J connectivity index is 1.80. The van der Waals surface area contributed by atoms with Gasteiger partial charge in [-0.3, -0.25) is 0 Å². The third kappa shape index (κ3) is 4.98. The van der Waals surface area contributed by atoms with Crippen LogP contribution in [0.15, 0.2) is 29.4 Å². The summed E-state index contributed by atoms with van der Waals surface area (Å²) in [7, 11) is 1.59. The van der Waals surface area contributed by atoms with E-state index in [4.69, 9.17) is 9.57 Å². The first-order valence-electron chi connectivity index (χ1n) is 8.23. The van der Waals surface area contributed by atoms with E-state index in [0.717, 1.165) is 16.4 Å². The Bertz CT molecular complexity index is 834. The molecule has 1 aromatic heterocycles. The van der Waals surface area contributed by atoms with E-state index in [1.54, 1.807) is 11.8 Å². The largest absolute Gasteiger partial charge is 0.497 e. The van der Waals surface area contributed by atoms with E-state index in [2.05, 4.69) is 31.4 Å². The molecule has 3 rings (SSSR count). The van der Waals surface area contributed by atoms with Gasteiger partial charge in [0, 0.05) is 27.4 Å². The van der Waals surface area contributed by atoms with Crippen LogP contribution in [0.2, 0.25) is 0 Å². The fourth-order valence-corrected chi connectivity index (χ4v) is 4.07. The highest BCUT2D eigenvalue weighted by atomic mass is 79.9. The molecule has 1 aliphatic rings. The molecule has 0 saturated carbocycles. The third-order valence-corrected chi connectivity index (χ3v) is 5.34. The van der Waals surface area contributed by atoms with E-state index in [1.165, 1.54) is 11.8 Å². The van der Waals surface area contributed by atoms with Crippen molar-refractivity contribution in [3.63, 3.8) is 0 Å². The van der Waals surface area contributed by atoms with Crippen molar-refractivity contribution in [2.45, 2.75) is 43.0 Å². The summed E-state index contributed by atoms with van der Waals surface area (Å²) in [5.41, 5.74) is 0.634. The van der Waals surface area contributed by atoms with Crippen LogP contribution in [0, 0.1) is 0 Å². The quantitative estimate of drug-likeness (QED) is 0.522. The maximum absolute atomic E-state index is 13.9. The Labute approximate surface area is 168 Å². The summed E-state index contributed by atoms with van der Waals surface area (Å²) in [5.74, 6) is 1.03. The lowest BCUT2D eigenvalue weighted by atomic mass is 10.1. The molecule has 0 radical (unpaired) electrons. The fraction of sp³-hybridized carbons (Fsp3) is 0.471. The van der Waals surface area contributed by atoms with Crippen molar-refractivity contribution in [3.8, 4) is 5.75 Å². The van der Waals surface area contributed by atoms with E-state index in [9.17, 15) is 8.78 Å². The normalized spacial score (nSPS) is 16.1. The minimum atomic E-state index is -3.22. The van der Waals surface area contributed by atoms with E-state index in [1.807, 2.05) is 38.1 Å². The number of rotatable bonds is 6. The lowest BCUT2D eigenvalue weighted by Crippen LogP contribution is -2.40. The third-order valence-electron chi connectivity index (χ3n) is 4.00. The van der Waals surface area contributed by atoms with Crippen LogP contribution in [-0.2, 0) is 22.0 Å². The number of oxime groups is 1. The molecule has 0 amide bonds. The van der Waals surface area contributed by atoms with Crippen molar-refractivity contribution in [1.82, 2.24) is 10.3 Å². The number of aromatic nitrogens is 3. The summed E-state index contributed by atoms with van der Waals surface area (Å²) in [6, 6.07) is 7.42. The zero-order valence-corrected chi connectivity index (χ0v) is 17.5. The first-order chi connectivity index (χ1) is 12.7. The van der Waals surface area contributed by atoms with Crippen molar-refractivity contribution in [2.75, 3.05) is 7.11 Å². The zero-order valence-electron chi connectivity index (χ0n) is 15.1. The van der Waals surface area contributed by atoms with E-state index in [0.29, 0.717) is 24.4 Å². The maximum Gasteiger partial charge on any atom is 0.372 e. The molecule has 1 N–H and O–H groups in total. The van der Waals surface area contributed by atoms with E-state index in [-0.39, 0.29) is 11.3 Å². The minimum Gasteiger partial charge on any atom is -0.497 e. The van der Waals surface area contributed by atoms with Gasteiger partial charge in [-0.05, 0) is 31.5 Å². The monoisotopic (exact) mass is 461 g/mol. The average molecular weight is 462 g/mol. The van der Waals surface area contributed by atoms with Crippen molar-refractivity contribution in [1.29, 1.82) is 0 Å². The summed E-state index contributed by atoms with van der Waals surface area (Å²) < 4.78 is 34.6. The lowest BCUT2D eigenvalue weighted by Gasteiger charge is -2.13. The molecule has 0 aliphatic carbocycles. The number of alkyl halides is 3. The summed E-state index contributed by atoms with van der Waals surface area (Å²) in [6.07, 6.45) is 0.647. The molecule has 2 heterocycles. The van der Waals surface area contributed by atoms with Crippen molar-refractivity contribution in [2.24, 2.45) is 5.16 Å². The van der Waals surface area contributed by atoms with Crippen LogP contribution in [-0.4, -0.2) is 28.1 Å². The van der Waals surface area contributed by atoms with E-state index >= 15 is 0 Å². The number of ether oxygens (including phenoxy) is 1. The van der Waals surface area contributed by atoms with Crippen LogP contribution in [0.5, 0.6) is 5.75 Å². The van der Waals surface area contributed by atoms with Crippen LogP contribution >= 0.6 is 27.7 Å². The van der Waals surface area contributed by atoms with Crippen LogP contribution in [0.3, 0.4) is 0 Å². The Hall–Kier alpha value is -1.68. The van der Waals surface area contributed by atoms with Gasteiger partial charge in [0.1, 0.15) is 22.9 Å². The molecule has 6 nitrogen and oxygen atoms in total. The van der Waals surface area contributed by atoms with Gasteiger partial charge >= 0.3 is 10.5 Å². The van der Waals surface area contributed by atoms with Crippen molar-refractivity contribution in [3.05, 3.63) is 41.2 Å².